The highest BCUT2D eigenvalue weighted by Crippen LogP contribution is 2.44. The quantitative estimate of drug-likeness (QED) is 0.694. The maximum atomic E-state index is 12.7. The van der Waals surface area contributed by atoms with Gasteiger partial charge in [-0.1, -0.05) is 62.4 Å². The SMILES string of the molecule is COC(=O)[C@@H](CC(C)C)N(C)C(=O)OCC1c2ccccc2-c2ccccc21. The zero-order chi connectivity index (χ0) is 20.3. The van der Waals surface area contributed by atoms with Crippen molar-refractivity contribution in [2.45, 2.75) is 32.2 Å². The lowest BCUT2D eigenvalue weighted by Crippen LogP contribution is -2.44. The van der Waals surface area contributed by atoms with Crippen LogP contribution in [-0.2, 0) is 14.3 Å². The largest absolute Gasteiger partial charge is 0.467 e. The van der Waals surface area contributed by atoms with Crippen LogP contribution >= 0.6 is 0 Å². The number of methoxy groups -OCH3 is 1. The first-order valence-corrected chi connectivity index (χ1v) is 9.59. The number of hydrogen-bond acceptors (Lipinski definition) is 4. The highest BCUT2D eigenvalue weighted by Gasteiger charge is 2.32. The van der Waals surface area contributed by atoms with E-state index in [2.05, 4.69) is 24.3 Å². The molecule has 0 saturated carbocycles. The van der Waals surface area contributed by atoms with Crippen molar-refractivity contribution < 1.29 is 19.1 Å². The summed E-state index contributed by atoms with van der Waals surface area (Å²) in [4.78, 5) is 26.1. The number of benzene rings is 2. The molecule has 0 radical (unpaired) electrons. The van der Waals surface area contributed by atoms with Crippen LogP contribution in [-0.4, -0.2) is 43.8 Å². The van der Waals surface area contributed by atoms with Crippen molar-refractivity contribution in [3.05, 3.63) is 59.7 Å². The van der Waals surface area contributed by atoms with Gasteiger partial charge in [0.2, 0.25) is 0 Å². The first kappa shape index (κ1) is 19.9. The van der Waals surface area contributed by atoms with Crippen LogP contribution < -0.4 is 0 Å². The molecule has 5 heteroatoms. The van der Waals surface area contributed by atoms with Gasteiger partial charge in [0.25, 0.3) is 0 Å². The average Bonchev–Trinajstić information content (AvgIpc) is 3.03. The molecule has 0 aliphatic heterocycles. The maximum absolute atomic E-state index is 12.7. The van der Waals surface area contributed by atoms with E-state index < -0.39 is 18.1 Å². The number of rotatable bonds is 6. The number of carbonyl (C=O) groups is 2. The van der Waals surface area contributed by atoms with Crippen molar-refractivity contribution in [2.75, 3.05) is 20.8 Å². The van der Waals surface area contributed by atoms with E-state index in [4.69, 9.17) is 9.47 Å². The standard InChI is InChI=1S/C23H27NO4/c1-15(2)13-21(22(25)27-4)24(3)23(26)28-14-20-18-11-7-5-9-16(18)17-10-6-8-12-19(17)20/h5-12,15,20-21H,13-14H2,1-4H3/t21-/m1/s1. The third kappa shape index (κ3) is 3.88. The minimum atomic E-state index is -0.652. The maximum Gasteiger partial charge on any atom is 0.410 e. The van der Waals surface area contributed by atoms with Gasteiger partial charge >= 0.3 is 12.1 Å². The molecule has 0 aromatic heterocycles. The zero-order valence-corrected chi connectivity index (χ0v) is 16.8. The van der Waals surface area contributed by atoms with Crippen LogP contribution in [0.3, 0.4) is 0 Å². The van der Waals surface area contributed by atoms with Crippen molar-refractivity contribution in [3.8, 4) is 11.1 Å². The predicted octanol–water partition coefficient (Wildman–Crippen LogP) is 4.46. The smallest absolute Gasteiger partial charge is 0.410 e. The van der Waals surface area contributed by atoms with E-state index in [-0.39, 0.29) is 18.4 Å². The molecule has 2 aromatic rings. The lowest BCUT2D eigenvalue weighted by atomic mass is 9.98. The molecule has 1 atom stereocenters. The van der Waals surface area contributed by atoms with Crippen molar-refractivity contribution in [1.29, 1.82) is 0 Å². The van der Waals surface area contributed by atoms with Gasteiger partial charge in [0, 0.05) is 13.0 Å². The summed E-state index contributed by atoms with van der Waals surface area (Å²) in [6.07, 6.45) is 0.00538. The molecule has 0 N–H and O–H groups in total. The molecule has 1 aliphatic carbocycles. The van der Waals surface area contributed by atoms with Crippen molar-refractivity contribution >= 4 is 12.1 Å². The molecule has 3 rings (SSSR count). The molecule has 0 fully saturated rings. The molecule has 0 unspecified atom stereocenters. The van der Waals surface area contributed by atoms with Crippen LogP contribution in [0.1, 0.15) is 37.3 Å². The molecule has 0 bridgehead atoms. The van der Waals surface area contributed by atoms with E-state index in [1.165, 1.54) is 23.1 Å². The van der Waals surface area contributed by atoms with Gasteiger partial charge in [-0.05, 0) is 34.6 Å². The fraction of sp³-hybridized carbons (Fsp3) is 0.391. The van der Waals surface area contributed by atoms with Crippen LogP contribution in [0.5, 0.6) is 0 Å². The number of hydrogen-bond donors (Lipinski definition) is 0. The van der Waals surface area contributed by atoms with Crippen LogP contribution in [0.4, 0.5) is 4.79 Å². The van der Waals surface area contributed by atoms with E-state index in [0.29, 0.717) is 6.42 Å². The number of likely N-dealkylation sites (N-methyl/N-ethyl adjacent to an activating group) is 1. The average molecular weight is 381 g/mol. The lowest BCUT2D eigenvalue weighted by Gasteiger charge is -2.27. The van der Waals surface area contributed by atoms with E-state index in [1.807, 2.05) is 38.1 Å². The minimum Gasteiger partial charge on any atom is -0.467 e. The van der Waals surface area contributed by atoms with Gasteiger partial charge in [0.1, 0.15) is 12.6 Å². The van der Waals surface area contributed by atoms with E-state index in [9.17, 15) is 9.59 Å². The molecular weight excluding hydrogens is 354 g/mol. The van der Waals surface area contributed by atoms with Crippen LogP contribution in [0.15, 0.2) is 48.5 Å². The number of ether oxygens (including phenoxy) is 2. The molecule has 28 heavy (non-hydrogen) atoms. The third-order valence-corrected chi connectivity index (χ3v) is 5.26. The summed E-state index contributed by atoms with van der Waals surface area (Å²) in [7, 11) is 2.92. The van der Waals surface area contributed by atoms with Crippen LogP contribution in [0.25, 0.3) is 11.1 Å². The number of fused-ring (bicyclic) bond motifs is 3. The first-order chi connectivity index (χ1) is 13.4. The normalized spacial score (nSPS) is 13.6. The summed E-state index contributed by atoms with van der Waals surface area (Å²) in [6.45, 7) is 4.23. The Morgan fingerprint density at radius 2 is 1.54 bits per heavy atom. The van der Waals surface area contributed by atoms with Gasteiger partial charge in [0.15, 0.2) is 0 Å². The fourth-order valence-corrected chi connectivity index (χ4v) is 3.82. The van der Waals surface area contributed by atoms with Gasteiger partial charge in [-0.2, -0.15) is 0 Å². The highest BCUT2D eigenvalue weighted by atomic mass is 16.6. The predicted molar refractivity (Wildman–Crippen MR) is 108 cm³/mol. The Balaban J connectivity index is 1.74. The molecule has 0 saturated heterocycles. The Labute approximate surface area is 166 Å². The molecular formula is C23H27NO4. The lowest BCUT2D eigenvalue weighted by molar-refractivity contribution is -0.146. The first-order valence-electron chi connectivity index (χ1n) is 9.59. The number of esters is 1. The molecule has 0 spiro atoms. The summed E-state index contributed by atoms with van der Waals surface area (Å²) in [5.74, 6) is -0.191. The van der Waals surface area contributed by atoms with Gasteiger partial charge in [-0.3, -0.25) is 4.90 Å². The van der Waals surface area contributed by atoms with Gasteiger partial charge < -0.3 is 9.47 Å². The molecule has 0 heterocycles. The summed E-state index contributed by atoms with van der Waals surface area (Å²) < 4.78 is 10.5. The van der Waals surface area contributed by atoms with Crippen molar-refractivity contribution in [1.82, 2.24) is 4.90 Å². The van der Waals surface area contributed by atoms with Crippen molar-refractivity contribution in [2.24, 2.45) is 5.92 Å². The number of nitrogens with zero attached hydrogens (tertiary/aromatic N) is 1. The number of amides is 1. The highest BCUT2D eigenvalue weighted by molar-refractivity contribution is 5.82. The number of carbonyl (C=O) groups excluding carboxylic acids is 2. The monoisotopic (exact) mass is 381 g/mol. The van der Waals surface area contributed by atoms with Gasteiger partial charge in [0.05, 0.1) is 7.11 Å². The summed E-state index contributed by atoms with van der Waals surface area (Å²) in [6, 6.07) is 15.7. The van der Waals surface area contributed by atoms with E-state index in [1.54, 1.807) is 7.05 Å². The molecule has 1 aliphatic rings. The fourth-order valence-electron chi connectivity index (χ4n) is 3.82. The summed E-state index contributed by atoms with van der Waals surface area (Å²) in [5, 5.41) is 0. The van der Waals surface area contributed by atoms with Crippen molar-refractivity contribution in [3.63, 3.8) is 0 Å². The van der Waals surface area contributed by atoms with Gasteiger partial charge in [-0.25, -0.2) is 9.59 Å². The second-order valence-corrected chi connectivity index (χ2v) is 7.58. The molecule has 5 nitrogen and oxygen atoms in total. The molecule has 1 amide bonds. The minimum absolute atomic E-state index is 0.00794. The van der Waals surface area contributed by atoms with E-state index in [0.717, 1.165) is 11.1 Å². The van der Waals surface area contributed by atoms with Crippen LogP contribution in [0.2, 0.25) is 0 Å². The second-order valence-electron chi connectivity index (χ2n) is 7.58. The Bertz CT molecular complexity index is 816. The Morgan fingerprint density at radius 1 is 1.00 bits per heavy atom. The third-order valence-electron chi connectivity index (χ3n) is 5.26. The Morgan fingerprint density at radius 3 is 2.04 bits per heavy atom. The van der Waals surface area contributed by atoms with Crippen LogP contribution in [0, 0.1) is 5.92 Å². The zero-order valence-electron chi connectivity index (χ0n) is 16.8. The van der Waals surface area contributed by atoms with E-state index >= 15 is 0 Å². The Hall–Kier alpha value is -2.82. The Kier molecular flexibility index (Phi) is 6.02. The molecule has 148 valence electrons. The second kappa shape index (κ2) is 8.46. The summed E-state index contributed by atoms with van der Waals surface area (Å²) >= 11 is 0. The summed E-state index contributed by atoms with van der Waals surface area (Å²) in [5.41, 5.74) is 4.68. The van der Waals surface area contributed by atoms with Gasteiger partial charge in [-0.15, -0.1) is 0 Å². The molecule has 2 aromatic carbocycles. The topological polar surface area (TPSA) is 55.8 Å².